The van der Waals surface area contributed by atoms with E-state index in [2.05, 4.69) is 25.4 Å². The molecular formula is C21H20F3N7O. The normalized spacial score (nSPS) is 14.4. The molecule has 0 unspecified atom stereocenters. The third-order valence-corrected chi connectivity index (χ3v) is 5.19. The lowest BCUT2D eigenvalue weighted by Crippen LogP contribution is -2.44. The van der Waals surface area contributed by atoms with Gasteiger partial charge in [-0.05, 0) is 25.2 Å². The van der Waals surface area contributed by atoms with Gasteiger partial charge >= 0.3 is 0 Å². The van der Waals surface area contributed by atoms with Crippen LogP contribution in [0, 0.1) is 17.5 Å². The summed E-state index contributed by atoms with van der Waals surface area (Å²) in [5, 5.41) is 10.0. The zero-order valence-electron chi connectivity index (χ0n) is 17.1. The number of nitrogens with one attached hydrogen (secondary N) is 1. The van der Waals surface area contributed by atoms with Crippen LogP contribution >= 0.6 is 0 Å². The fourth-order valence-electron chi connectivity index (χ4n) is 3.42. The summed E-state index contributed by atoms with van der Waals surface area (Å²) in [7, 11) is 2.02. The number of nitrogens with zero attached hydrogens (tertiary/aromatic N) is 5. The Morgan fingerprint density at radius 1 is 1.03 bits per heavy atom. The third kappa shape index (κ3) is 4.33. The molecule has 3 heterocycles. The topological polar surface area (TPSA) is 100 Å². The first kappa shape index (κ1) is 21.5. The molecule has 0 saturated carbocycles. The van der Waals surface area contributed by atoms with Gasteiger partial charge < -0.3 is 20.9 Å². The minimum absolute atomic E-state index is 0.0797. The summed E-state index contributed by atoms with van der Waals surface area (Å²) >= 11 is 0. The molecule has 0 bridgehead atoms. The standard InChI is InChI=1S/C21H20F3N7O/c1-30-5-7-31(8-6-30)12-9-15(24)21(26-11-12)27-17-10-16(28-29-19(17)20(25)32)18-13(22)3-2-4-14(18)23/h2-4,9-11H,5-8H2,1H3,(H2,25,32)(H,26,27,28). The molecule has 11 heteroatoms. The fraction of sp³-hybridized carbons (Fsp3) is 0.238. The molecule has 0 radical (unpaired) electrons. The first-order valence-corrected chi connectivity index (χ1v) is 9.81. The summed E-state index contributed by atoms with van der Waals surface area (Å²) in [4.78, 5) is 20.1. The molecule has 166 valence electrons. The minimum atomic E-state index is -0.949. The predicted octanol–water partition coefficient (Wildman–Crippen LogP) is 2.55. The number of pyridine rings is 1. The Morgan fingerprint density at radius 3 is 2.34 bits per heavy atom. The van der Waals surface area contributed by atoms with E-state index in [1.807, 2.05) is 11.9 Å². The summed E-state index contributed by atoms with van der Waals surface area (Å²) in [6.07, 6.45) is 1.51. The number of piperazine rings is 1. The maximum Gasteiger partial charge on any atom is 0.271 e. The molecule has 1 aromatic carbocycles. The molecule has 1 amide bonds. The molecular weight excluding hydrogens is 423 g/mol. The van der Waals surface area contributed by atoms with Gasteiger partial charge in [0.2, 0.25) is 0 Å². The Morgan fingerprint density at radius 2 is 1.72 bits per heavy atom. The van der Waals surface area contributed by atoms with Crippen LogP contribution in [-0.2, 0) is 0 Å². The molecule has 3 aromatic rings. The van der Waals surface area contributed by atoms with Crippen molar-refractivity contribution in [3.8, 4) is 11.3 Å². The van der Waals surface area contributed by atoms with Crippen LogP contribution < -0.4 is 16.0 Å². The average Bonchev–Trinajstić information content (AvgIpc) is 2.75. The minimum Gasteiger partial charge on any atom is -0.368 e. The first-order chi connectivity index (χ1) is 15.3. The van der Waals surface area contributed by atoms with E-state index in [1.165, 1.54) is 24.4 Å². The number of halogens is 3. The number of primary amides is 1. The fourth-order valence-corrected chi connectivity index (χ4v) is 3.42. The number of aromatic nitrogens is 3. The van der Waals surface area contributed by atoms with E-state index in [0.29, 0.717) is 5.69 Å². The maximum absolute atomic E-state index is 14.8. The maximum atomic E-state index is 14.8. The molecule has 8 nitrogen and oxygen atoms in total. The van der Waals surface area contributed by atoms with E-state index in [9.17, 15) is 18.0 Å². The molecule has 0 aliphatic carbocycles. The first-order valence-electron chi connectivity index (χ1n) is 9.81. The summed E-state index contributed by atoms with van der Waals surface area (Å²) in [6, 6.07) is 5.83. The second kappa shape index (κ2) is 8.79. The lowest BCUT2D eigenvalue weighted by atomic mass is 10.1. The van der Waals surface area contributed by atoms with Gasteiger partial charge in [-0.15, -0.1) is 10.2 Å². The van der Waals surface area contributed by atoms with E-state index >= 15 is 0 Å². The summed E-state index contributed by atoms with van der Waals surface area (Å²) in [5.74, 6) is -3.54. The Hall–Kier alpha value is -3.73. The molecule has 1 fully saturated rings. The number of nitrogens with two attached hydrogens (primary N) is 1. The quantitative estimate of drug-likeness (QED) is 0.625. The van der Waals surface area contributed by atoms with Gasteiger partial charge in [-0.3, -0.25) is 4.79 Å². The highest BCUT2D eigenvalue weighted by Gasteiger charge is 2.20. The van der Waals surface area contributed by atoms with Gasteiger partial charge in [-0.2, -0.15) is 0 Å². The van der Waals surface area contributed by atoms with Crippen LogP contribution in [0.15, 0.2) is 36.5 Å². The van der Waals surface area contributed by atoms with Crippen LogP contribution in [0.4, 0.5) is 30.4 Å². The largest absolute Gasteiger partial charge is 0.368 e. The predicted molar refractivity (Wildman–Crippen MR) is 113 cm³/mol. The van der Waals surface area contributed by atoms with Gasteiger partial charge in [-0.25, -0.2) is 18.2 Å². The van der Waals surface area contributed by atoms with Gasteiger partial charge in [0, 0.05) is 32.2 Å². The molecule has 0 atom stereocenters. The highest BCUT2D eigenvalue weighted by atomic mass is 19.1. The highest BCUT2D eigenvalue weighted by molar-refractivity contribution is 5.97. The van der Waals surface area contributed by atoms with E-state index < -0.39 is 28.9 Å². The molecule has 4 rings (SSSR count). The van der Waals surface area contributed by atoms with Crippen molar-refractivity contribution in [1.82, 2.24) is 20.1 Å². The van der Waals surface area contributed by atoms with Crippen molar-refractivity contribution in [2.45, 2.75) is 0 Å². The molecule has 32 heavy (non-hydrogen) atoms. The number of benzene rings is 1. The summed E-state index contributed by atoms with van der Waals surface area (Å²) in [6.45, 7) is 3.17. The summed E-state index contributed by atoms with van der Waals surface area (Å²) in [5.41, 5.74) is 4.93. The molecule has 1 aliphatic heterocycles. The zero-order valence-corrected chi connectivity index (χ0v) is 17.1. The summed E-state index contributed by atoms with van der Waals surface area (Å²) < 4.78 is 43.1. The van der Waals surface area contributed by atoms with Crippen LogP contribution in [0.25, 0.3) is 11.3 Å². The van der Waals surface area contributed by atoms with Crippen molar-refractivity contribution in [1.29, 1.82) is 0 Å². The van der Waals surface area contributed by atoms with E-state index in [-0.39, 0.29) is 22.9 Å². The van der Waals surface area contributed by atoms with Crippen molar-refractivity contribution < 1.29 is 18.0 Å². The van der Waals surface area contributed by atoms with Gasteiger partial charge in [0.15, 0.2) is 17.3 Å². The highest BCUT2D eigenvalue weighted by Crippen LogP contribution is 2.29. The van der Waals surface area contributed by atoms with Gasteiger partial charge in [0.25, 0.3) is 5.91 Å². The number of rotatable bonds is 5. The SMILES string of the molecule is CN1CCN(c2cnc(Nc3cc(-c4c(F)cccc4F)nnc3C(N)=O)c(F)c2)CC1. The third-order valence-electron chi connectivity index (χ3n) is 5.19. The lowest BCUT2D eigenvalue weighted by Gasteiger charge is -2.33. The van der Waals surface area contributed by atoms with Crippen LogP contribution in [0.3, 0.4) is 0 Å². The van der Waals surface area contributed by atoms with Crippen molar-refractivity contribution >= 4 is 23.1 Å². The number of hydrogen-bond acceptors (Lipinski definition) is 7. The van der Waals surface area contributed by atoms with E-state index in [4.69, 9.17) is 5.73 Å². The number of likely N-dealkylation sites (N-methyl/N-ethyl adjacent to an activating group) is 1. The molecule has 1 aliphatic rings. The smallest absolute Gasteiger partial charge is 0.271 e. The van der Waals surface area contributed by atoms with E-state index in [0.717, 1.165) is 38.3 Å². The van der Waals surface area contributed by atoms with Crippen molar-refractivity contribution in [3.63, 3.8) is 0 Å². The van der Waals surface area contributed by atoms with Gasteiger partial charge in [0.05, 0.1) is 23.1 Å². The molecule has 2 aromatic heterocycles. The number of amides is 1. The number of hydrogen-bond donors (Lipinski definition) is 2. The van der Waals surface area contributed by atoms with Crippen molar-refractivity contribution in [2.24, 2.45) is 5.73 Å². The Kier molecular flexibility index (Phi) is 5.91. The van der Waals surface area contributed by atoms with Crippen LogP contribution in [0.5, 0.6) is 0 Å². The Balaban J connectivity index is 1.66. The van der Waals surface area contributed by atoms with E-state index in [1.54, 1.807) is 0 Å². The van der Waals surface area contributed by atoms with Crippen LogP contribution in [0.2, 0.25) is 0 Å². The second-order valence-electron chi connectivity index (χ2n) is 7.39. The molecule has 0 spiro atoms. The molecule has 3 N–H and O–H groups in total. The van der Waals surface area contributed by atoms with Crippen LogP contribution in [0.1, 0.15) is 10.5 Å². The second-order valence-corrected chi connectivity index (χ2v) is 7.39. The lowest BCUT2D eigenvalue weighted by molar-refractivity contribution is 0.0995. The Labute approximate surface area is 181 Å². The number of anilines is 3. The average molecular weight is 443 g/mol. The molecule has 1 saturated heterocycles. The number of carbonyl (C=O) groups excluding carboxylic acids is 1. The van der Waals surface area contributed by atoms with Crippen molar-refractivity contribution in [3.05, 3.63) is 59.7 Å². The van der Waals surface area contributed by atoms with Gasteiger partial charge in [-0.1, -0.05) is 6.07 Å². The number of carbonyl (C=O) groups is 1. The Bertz CT molecular complexity index is 1150. The van der Waals surface area contributed by atoms with Crippen molar-refractivity contribution in [2.75, 3.05) is 43.4 Å². The van der Waals surface area contributed by atoms with Gasteiger partial charge in [0.1, 0.15) is 17.3 Å². The monoisotopic (exact) mass is 443 g/mol. The zero-order chi connectivity index (χ0) is 22.8. The van der Waals surface area contributed by atoms with Crippen LogP contribution in [-0.4, -0.2) is 59.2 Å².